The Hall–Kier alpha value is -4.72. The highest BCUT2D eigenvalue weighted by molar-refractivity contribution is 5.99. The highest BCUT2D eigenvalue weighted by Crippen LogP contribution is 2.19. The Morgan fingerprint density at radius 1 is 0.375 bits per heavy atom. The van der Waals surface area contributed by atoms with Crippen LogP contribution >= 0.6 is 0 Å². The molecule has 4 N–H and O–H groups in total. The van der Waals surface area contributed by atoms with E-state index < -0.39 is 23.9 Å². The van der Waals surface area contributed by atoms with Crippen molar-refractivity contribution in [1.82, 2.24) is 0 Å². The molecular weight excluding hydrogens is 416 g/mol. The van der Waals surface area contributed by atoms with Gasteiger partial charge in [-0.05, 0) is 70.1 Å². The van der Waals surface area contributed by atoms with Crippen molar-refractivity contribution in [2.45, 2.75) is 0 Å². The van der Waals surface area contributed by atoms with E-state index in [-0.39, 0.29) is 22.3 Å². The number of benzene rings is 4. The Labute approximate surface area is 180 Å². The summed E-state index contributed by atoms with van der Waals surface area (Å²) in [5, 5.41) is 38.1. The van der Waals surface area contributed by atoms with Gasteiger partial charge in [-0.2, -0.15) is 0 Å². The highest BCUT2D eigenvalue weighted by atomic mass is 16.4. The molecule has 0 aromatic heterocycles. The van der Waals surface area contributed by atoms with E-state index in [2.05, 4.69) is 0 Å². The van der Waals surface area contributed by atoms with Gasteiger partial charge in [0.1, 0.15) is 0 Å². The summed E-state index contributed by atoms with van der Waals surface area (Å²) in [6, 6.07) is 18.4. The average molecular weight is 432 g/mol. The van der Waals surface area contributed by atoms with E-state index in [0.29, 0.717) is 10.8 Å². The van der Waals surface area contributed by atoms with Crippen LogP contribution in [0, 0.1) is 0 Å². The molecule has 0 amide bonds. The molecule has 0 atom stereocenters. The lowest BCUT2D eigenvalue weighted by Gasteiger charge is -2.01. The summed E-state index contributed by atoms with van der Waals surface area (Å²) < 4.78 is 0. The second-order valence-corrected chi connectivity index (χ2v) is 6.77. The molecule has 0 heterocycles. The van der Waals surface area contributed by atoms with Crippen molar-refractivity contribution >= 4 is 45.4 Å². The third-order valence-electron chi connectivity index (χ3n) is 4.67. The average Bonchev–Trinajstić information content (AvgIpc) is 2.77. The van der Waals surface area contributed by atoms with Crippen LogP contribution in [0.25, 0.3) is 21.5 Å². The first-order chi connectivity index (χ1) is 15.2. The summed E-state index contributed by atoms with van der Waals surface area (Å²) >= 11 is 0. The molecule has 0 aliphatic heterocycles. The summed E-state index contributed by atoms with van der Waals surface area (Å²) in [7, 11) is 0. The van der Waals surface area contributed by atoms with E-state index >= 15 is 0 Å². The van der Waals surface area contributed by atoms with Crippen LogP contribution in [0.3, 0.4) is 0 Å². The number of carboxylic acids is 4. The standard InChI is InChI=1S/2C12H8O4/c2*13-11(14)8-3-1-7-2-4-9(12(15)16)6-10(7)5-8/h2*1-6H,(H,13,14)(H,15,16). The predicted octanol–water partition coefficient (Wildman–Crippen LogP) is 4.47. The van der Waals surface area contributed by atoms with Gasteiger partial charge in [-0.15, -0.1) is 0 Å². The van der Waals surface area contributed by atoms with Crippen molar-refractivity contribution < 1.29 is 39.6 Å². The second-order valence-electron chi connectivity index (χ2n) is 6.77. The highest BCUT2D eigenvalue weighted by Gasteiger charge is 2.08. The fourth-order valence-corrected chi connectivity index (χ4v) is 3.03. The summed E-state index contributed by atoms with van der Waals surface area (Å²) in [6.07, 6.45) is 0. The van der Waals surface area contributed by atoms with Crippen molar-refractivity contribution in [3.8, 4) is 0 Å². The Morgan fingerprint density at radius 2 is 0.594 bits per heavy atom. The number of hydrogen-bond donors (Lipinski definition) is 4. The van der Waals surface area contributed by atoms with Crippen LogP contribution in [0.2, 0.25) is 0 Å². The molecule has 4 rings (SSSR count). The van der Waals surface area contributed by atoms with Gasteiger partial charge in [-0.25, -0.2) is 19.2 Å². The first kappa shape index (κ1) is 22.0. The normalized spacial score (nSPS) is 10.2. The van der Waals surface area contributed by atoms with Gasteiger partial charge in [-0.1, -0.05) is 24.3 Å². The number of rotatable bonds is 4. The molecule has 0 bridgehead atoms. The van der Waals surface area contributed by atoms with E-state index in [1.165, 1.54) is 48.5 Å². The zero-order chi connectivity index (χ0) is 23.4. The smallest absolute Gasteiger partial charge is 0.335 e. The van der Waals surface area contributed by atoms with Gasteiger partial charge in [0.25, 0.3) is 0 Å². The molecule has 0 radical (unpaired) electrons. The van der Waals surface area contributed by atoms with Crippen LogP contribution in [0.4, 0.5) is 0 Å². The van der Waals surface area contributed by atoms with Gasteiger partial charge >= 0.3 is 23.9 Å². The molecule has 0 aliphatic rings. The van der Waals surface area contributed by atoms with Gasteiger partial charge in [-0.3, -0.25) is 0 Å². The lowest BCUT2D eigenvalue weighted by atomic mass is 10.0. The van der Waals surface area contributed by atoms with E-state index in [1.54, 1.807) is 24.3 Å². The summed E-state index contributed by atoms with van der Waals surface area (Å²) in [5.74, 6) is -4.10. The van der Waals surface area contributed by atoms with Gasteiger partial charge in [0.05, 0.1) is 22.3 Å². The minimum atomic E-state index is -1.03. The van der Waals surface area contributed by atoms with E-state index in [4.69, 9.17) is 20.4 Å². The zero-order valence-electron chi connectivity index (χ0n) is 16.4. The number of carbonyl (C=O) groups is 4. The first-order valence-electron chi connectivity index (χ1n) is 9.16. The third kappa shape index (κ3) is 4.88. The molecule has 8 nitrogen and oxygen atoms in total. The van der Waals surface area contributed by atoms with Crippen molar-refractivity contribution in [1.29, 1.82) is 0 Å². The minimum Gasteiger partial charge on any atom is -0.478 e. The monoisotopic (exact) mass is 432 g/mol. The number of carboxylic acid groups (broad SMARTS) is 4. The molecule has 0 fully saturated rings. The maximum absolute atomic E-state index is 10.7. The van der Waals surface area contributed by atoms with Gasteiger partial charge in [0.2, 0.25) is 0 Å². The Balaban J connectivity index is 0.000000181. The number of aromatic carboxylic acids is 4. The molecule has 0 spiro atoms. The van der Waals surface area contributed by atoms with Crippen LogP contribution in [0.15, 0.2) is 72.8 Å². The lowest BCUT2D eigenvalue weighted by Crippen LogP contribution is -1.97. The van der Waals surface area contributed by atoms with E-state index in [0.717, 1.165) is 10.8 Å². The first-order valence-corrected chi connectivity index (χ1v) is 9.16. The Morgan fingerprint density at radius 3 is 0.781 bits per heavy atom. The largest absolute Gasteiger partial charge is 0.478 e. The molecule has 8 heteroatoms. The molecule has 4 aromatic carbocycles. The summed E-state index contributed by atoms with van der Waals surface area (Å²) in [5.41, 5.74) is 0.593. The zero-order valence-corrected chi connectivity index (χ0v) is 16.4. The quantitative estimate of drug-likeness (QED) is 0.369. The van der Waals surface area contributed by atoms with Gasteiger partial charge < -0.3 is 20.4 Å². The Kier molecular flexibility index (Phi) is 6.16. The Bertz CT molecular complexity index is 1180. The number of hydrogen-bond acceptors (Lipinski definition) is 4. The van der Waals surface area contributed by atoms with E-state index in [1.807, 2.05) is 0 Å². The van der Waals surface area contributed by atoms with Crippen LogP contribution in [0.1, 0.15) is 41.4 Å². The van der Waals surface area contributed by atoms with E-state index in [9.17, 15) is 19.2 Å². The van der Waals surface area contributed by atoms with Gasteiger partial charge in [0, 0.05) is 0 Å². The summed E-state index contributed by atoms with van der Waals surface area (Å²) in [6.45, 7) is 0. The fraction of sp³-hybridized carbons (Fsp3) is 0. The second kappa shape index (κ2) is 8.97. The minimum absolute atomic E-state index is 0.148. The van der Waals surface area contributed by atoms with Crippen LogP contribution < -0.4 is 0 Å². The maximum atomic E-state index is 10.7. The topological polar surface area (TPSA) is 149 Å². The lowest BCUT2D eigenvalue weighted by molar-refractivity contribution is 0.0685. The molecule has 0 unspecified atom stereocenters. The van der Waals surface area contributed by atoms with Crippen LogP contribution in [-0.2, 0) is 0 Å². The van der Waals surface area contributed by atoms with Crippen molar-refractivity contribution in [3.63, 3.8) is 0 Å². The maximum Gasteiger partial charge on any atom is 0.335 e. The van der Waals surface area contributed by atoms with Crippen molar-refractivity contribution in [2.24, 2.45) is 0 Å². The molecule has 0 aliphatic carbocycles. The molecule has 0 saturated carbocycles. The van der Waals surface area contributed by atoms with Crippen molar-refractivity contribution in [3.05, 3.63) is 95.1 Å². The third-order valence-corrected chi connectivity index (χ3v) is 4.67. The number of fused-ring (bicyclic) bond motifs is 2. The SMILES string of the molecule is O=C(O)c1ccc2ccc(C(=O)O)cc2c1.O=C(O)c1ccc2ccc(C(=O)O)cc2c1. The molecule has 160 valence electrons. The fourth-order valence-electron chi connectivity index (χ4n) is 3.03. The molecule has 32 heavy (non-hydrogen) atoms. The van der Waals surface area contributed by atoms with Crippen LogP contribution in [-0.4, -0.2) is 44.3 Å². The molecular formula is C24H16O8. The predicted molar refractivity (Wildman–Crippen MR) is 116 cm³/mol. The van der Waals surface area contributed by atoms with Crippen LogP contribution in [0.5, 0.6) is 0 Å². The van der Waals surface area contributed by atoms with Gasteiger partial charge in [0.15, 0.2) is 0 Å². The molecule has 4 aromatic rings. The summed E-state index contributed by atoms with van der Waals surface area (Å²) in [4.78, 5) is 43.0. The van der Waals surface area contributed by atoms with Crippen molar-refractivity contribution in [2.75, 3.05) is 0 Å². The molecule has 0 saturated heterocycles.